The molecule has 0 spiro atoms. The third kappa shape index (κ3) is 2.29. The fraction of sp³-hybridized carbons (Fsp3) is 0.200. The third-order valence-corrected chi connectivity index (χ3v) is 3.16. The number of carbonyl (C=O) groups is 1. The van der Waals surface area contributed by atoms with Crippen molar-refractivity contribution in [2.75, 3.05) is 11.9 Å². The number of hydrogen-bond donors (Lipinski definition) is 1. The fourth-order valence-electron chi connectivity index (χ4n) is 2.05. The summed E-state index contributed by atoms with van der Waals surface area (Å²) in [5, 5.41) is 2.68. The topological polar surface area (TPSA) is 51.2 Å². The van der Waals surface area contributed by atoms with Crippen LogP contribution in [0.4, 0.5) is 5.82 Å². The predicted octanol–water partition coefficient (Wildman–Crippen LogP) is 2.64. The lowest BCUT2D eigenvalue weighted by Gasteiger charge is -2.17. The van der Waals surface area contributed by atoms with Crippen LogP contribution < -0.4 is 10.1 Å². The van der Waals surface area contributed by atoms with Gasteiger partial charge in [0.25, 0.3) is 5.91 Å². The maximum Gasteiger partial charge on any atom is 0.263 e. The summed E-state index contributed by atoms with van der Waals surface area (Å²) >= 11 is 0. The predicted molar refractivity (Wildman–Crippen MR) is 73.2 cm³/mol. The average molecular weight is 254 g/mol. The Morgan fingerprint density at radius 1 is 1.26 bits per heavy atom. The number of nitrogens with zero attached hydrogens (tertiary/aromatic N) is 1. The molecular weight excluding hydrogens is 240 g/mol. The van der Waals surface area contributed by atoms with Gasteiger partial charge in [0.2, 0.25) is 0 Å². The molecule has 1 N–H and O–H groups in total. The molecule has 1 aromatic carbocycles. The Bertz CT molecular complexity index is 621. The molecule has 1 aromatic heterocycles. The van der Waals surface area contributed by atoms with Gasteiger partial charge in [-0.15, -0.1) is 0 Å². The van der Waals surface area contributed by atoms with Crippen LogP contribution in [0.3, 0.4) is 0 Å². The minimum atomic E-state index is -0.167. The summed E-state index contributed by atoms with van der Waals surface area (Å²) in [5.74, 6) is 0.946. The van der Waals surface area contributed by atoms with E-state index in [1.807, 2.05) is 6.07 Å². The molecule has 1 amide bonds. The largest absolute Gasteiger partial charge is 0.480 e. The van der Waals surface area contributed by atoms with Crippen LogP contribution in [0, 0.1) is 0 Å². The van der Waals surface area contributed by atoms with Crippen LogP contribution in [0.25, 0.3) is 11.1 Å². The van der Waals surface area contributed by atoms with E-state index in [1.54, 1.807) is 6.20 Å². The molecule has 96 valence electrons. The maximum absolute atomic E-state index is 11.2. The van der Waals surface area contributed by atoms with Gasteiger partial charge in [0.1, 0.15) is 0 Å². The fourth-order valence-corrected chi connectivity index (χ4v) is 2.05. The lowest BCUT2D eigenvalue weighted by Crippen LogP contribution is -2.26. The number of rotatable bonds is 2. The molecule has 1 aliphatic rings. The monoisotopic (exact) mass is 254 g/mol. The number of nitrogens with one attached hydrogen (secondary N) is 1. The zero-order chi connectivity index (χ0) is 13.2. The zero-order valence-corrected chi connectivity index (χ0v) is 10.6. The van der Waals surface area contributed by atoms with Crippen molar-refractivity contribution in [2.45, 2.75) is 13.3 Å². The van der Waals surface area contributed by atoms with E-state index in [1.165, 1.54) is 5.56 Å². The standard InChI is InChI=1S/C15H14N2O2/c1-2-10-3-5-11(6-4-10)12-7-13-15(16-8-12)17-14(18)9-19-13/h3-8H,2,9H2,1H3,(H,16,17,18). The molecule has 0 bridgehead atoms. The van der Waals surface area contributed by atoms with Crippen molar-refractivity contribution in [1.29, 1.82) is 0 Å². The quantitative estimate of drug-likeness (QED) is 0.896. The zero-order valence-electron chi connectivity index (χ0n) is 10.6. The Morgan fingerprint density at radius 2 is 2.05 bits per heavy atom. The van der Waals surface area contributed by atoms with Crippen LogP contribution in [0.5, 0.6) is 5.75 Å². The van der Waals surface area contributed by atoms with Gasteiger partial charge in [-0.3, -0.25) is 4.79 Å². The van der Waals surface area contributed by atoms with Crippen LogP contribution in [0.2, 0.25) is 0 Å². The van der Waals surface area contributed by atoms with Crippen molar-refractivity contribution in [3.05, 3.63) is 42.1 Å². The number of anilines is 1. The first kappa shape index (κ1) is 11.7. The Balaban J connectivity index is 1.95. The summed E-state index contributed by atoms with van der Waals surface area (Å²) in [6, 6.07) is 10.3. The second kappa shape index (κ2) is 4.72. The summed E-state index contributed by atoms with van der Waals surface area (Å²) < 4.78 is 5.37. The van der Waals surface area contributed by atoms with Crippen LogP contribution in [0.15, 0.2) is 36.5 Å². The number of carbonyl (C=O) groups excluding carboxylic acids is 1. The third-order valence-electron chi connectivity index (χ3n) is 3.16. The summed E-state index contributed by atoms with van der Waals surface area (Å²) in [6.45, 7) is 2.18. The second-order valence-corrected chi connectivity index (χ2v) is 4.46. The number of benzene rings is 1. The van der Waals surface area contributed by atoms with Crippen LogP contribution in [0.1, 0.15) is 12.5 Å². The molecule has 2 heterocycles. The molecule has 0 atom stereocenters. The smallest absolute Gasteiger partial charge is 0.263 e. The Hall–Kier alpha value is -2.36. The molecule has 0 saturated heterocycles. The number of pyridine rings is 1. The van der Waals surface area contributed by atoms with Gasteiger partial charge in [0.05, 0.1) is 0 Å². The van der Waals surface area contributed by atoms with Crippen molar-refractivity contribution in [2.24, 2.45) is 0 Å². The van der Waals surface area contributed by atoms with Gasteiger partial charge in [-0.2, -0.15) is 0 Å². The van der Waals surface area contributed by atoms with Gasteiger partial charge in [-0.05, 0) is 23.6 Å². The number of amides is 1. The van der Waals surface area contributed by atoms with Gasteiger partial charge in [-0.25, -0.2) is 4.98 Å². The number of aromatic nitrogens is 1. The first-order chi connectivity index (χ1) is 9.26. The molecule has 19 heavy (non-hydrogen) atoms. The molecule has 0 aliphatic carbocycles. The number of ether oxygens (including phenoxy) is 1. The van der Waals surface area contributed by atoms with Crippen molar-refractivity contribution < 1.29 is 9.53 Å². The van der Waals surface area contributed by atoms with E-state index >= 15 is 0 Å². The normalized spacial score (nSPS) is 13.4. The van der Waals surface area contributed by atoms with E-state index in [4.69, 9.17) is 4.74 Å². The summed E-state index contributed by atoms with van der Waals surface area (Å²) in [7, 11) is 0. The Labute approximate surface area is 111 Å². The molecule has 4 nitrogen and oxygen atoms in total. The molecule has 1 aliphatic heterocycles. The highest BCUT2D eigenvalue weighted by atomic mass is 16.5. The molecule has 3 rings (SSSR count). The highest BCUT2D eigenvalue weighted by Crippen LogP contribution is 2.30. The van der Waals surface area contributed by atoms with Gasteiger partial charge >= 0.3 is 0 Å². The van der Waals surface area contributed by atoms with Crippen molar-refractivity contribution in [3.8, 4) is 16.9 Å². The van der Waals surface area contributed by atoms with Gasteiger partial charge in [0.15, 0.2) is 18.2 Å². The van der Waals surface area contributed by atoms with Crippen LogP contribution in [-0.2, 0) is 11.2 Å². The lowest BCUT2D eigenvalue weighted by molar-refractivity contribution is -0.118. The number of fused-ring (bicyclic) bond motifs is 1. The second-order valence-electron chi connectivity index (χ2n) is 4.46. The van der Waals surface area contributed by atoms with E-state index in [-0.39, 0.29) is 12.5 Å². The van der Waals surface area contributed by atoms with Crippen molar-refractivity contribution >= 4 is 11.7 Å². The maximum atomic E-state index is 11.2. The summed E-state index contributed by atoms with van der Waals surface area (Å²) in [6.07, 6.45) is 2.77. The minimum absolute atomic E-state index is 0.0485. The van der Waals surface area contributed by atoms with Crippen molar-refractivity contribution in [1.82, 2.24) is 4.98 Å². The molecule has 0 fully saturated rings. The Kier molecular flexibility index (Phi) is 2.91. The molecule has 0 saturated carbocycles. The number of hydrogen-bond acceptors (Lipinski definition) is 3. The molecule has 4 heteroatoms. The highest BCUT2D eigenvalue weighted by molar-refractivity contribution is 5.94. The molecule has 0 unspecified atom stereocenters. The van der Waals surface area contributed by atoms with Crippen LogP contribution >= 0.6 is 0 Å². The van der Waals surface area contributed by atoms with E-state index in [9.17, 15) is 4.79 Å². The highest BCUT2D eigenvalue weighted by Gasteiger charge is 2.17. The summed E-state index contributed by atoms with van der Waals surface area (Å²) in [5.41, 5.74) is 3.38. The molecule has 0 radical (unpaired) electrons. The van der Waals surface area contributed by atoms with Crippen LogP contribution in [-0.4, -0.2) is 17.5 Å². The number of aryl methyl sites for hydroxylation is 1. The van der Waals surface area contributed by atoms with Gasteiger partial charge < -0.3 is 10.1 Å². The van der Waals surface area contributed by atoms with Gasteiger partial charge in [-0.1, -0.05) is 31.2 Å². The first-order valence-corrected chi connectivity index (χ1v) is 6.28. The minimum Gasteiger partial charge on any atom is -0.480 e. The van der Waals surface area contributed by atoms with Crippen molar-refractivity contribution in [3.63, 3.8) is 0 Å². The van der Waals surface area contributed by atoms with E-state index in [2.05, 4.69) is 41.5 Å². The van der Waals surface area contributed by atoms with E-state index in [0.717, 1.165) is 17.5 Å². The van der Waals surface area contributed by atoms with Gasteiger partial charge in [0, 0.05) is 11.8 Å². The van der Waals surface area contributed by atoms with E-state index < -0.39 is 0 Å². The van der Waals surface area contributed by atoms with E-state index in [0.29, 0.717) is 11.6 Å². The average Bonchev–Trinajstić information content (AvgIpc) is 2.47. The molecular formula is C15H14N2O2. The lowest BCUT2D eigenvalue weighted by atomic mass is 10.0. The summed E-state index contributed by atoms with van der Waals surface area (Å²) in [4.78, 5) is 15.4. The SMILES string of the molecule is CCc1ccc(-c2cnc3c(c2)OCC(=O)N3)cc1. The first-order valence-electron chi connectivity index (χ1n) is 6.28. The Morgan fingerprint density at radius 3 is 2.79 bits per heavy atom. The molecule has 2 aromatic rings.